The topological polar surface area (TPSA) is 35.5 Å². The van der Waals surface area contributed by atoms with Gasteiger partial charge in [0.2, 0.25) is 0 Å². The molecule has 1 fully saturated rings. The minimum absolute atomic E-state index is 0.0240. The summed E-state index contributed by atoms with van der Waals surface area (Å²) in [6.07, 6.45) is 3.12. The van der Waals surface area contributed by atoms with Gasteiger partial charge in [-0.3, -0.25) is 4.79 Å². The van der Waals surface area contributed by atoms with Crippen LogP contribution in [-0.2, 0) is 9.53 Å². The minimum Gasteiger partial charge on any atom is -0.490 e. The Morgan fingerprint density at radius 1 is 1.26 bits per heavy atom. The molecule has 19 heavy (non-hydrogen) atoms. The van der Waals surface area contributed by atoms with E-state index >= 15 is 0 Å². The number of hydrogen-bond donors (Lipinski definition) is 0. The van der Waals surface area contributed by atoms with Crippen molar-refractivity contribution in [2.45, 2.75) is 31.8 Å². The first-order chi connectivity index (χ1) is 9.08. The fourth-order valence-corrected chi connectivity index (χ4v) is 2.82. The highest BCUT2D eigenvalue weighted by Gasteiger charge is 2.27. The highest BCUT2D eigenvalue weighted by Crippen LogP contribution is 2.29. The standard InChI is InChI=1S/C14H16BrFO3/c1-18-14(17)9-2-4-12(5-3-9)19-13-7-10(15)6-11(16)8-13/h6-9,12H,2-5H2,1H3/t9-,12+. The van der Waals surface area contributed by atoms with Crippen molar-refractivity contribution >= 4 is 21.9 Å². The predicted octanol–water partition coefficient (Wildman–Crippen LogP) is 3.70. The lowest BCUT2D eigenvalue weighted by molar-refractivity contribution is -0.147. The third-order valence-electron chi connectivity index (χ3n) is 3.35. The molecule has 0 amide bonds. The summed E-state index contributed by atoms with van der Waals surface area (Å²) in [4.78, 5) is 11.4. The summed E-state index contributed by atoms with van der Waals surface area (Å²) in [5.74, 6) is 0.0251. The van der Waals surface area contributed by atoms with E-state index in [1.54, 1.807) is 6.07 Å². The first kappa shape index (κ1) is 14.3. The molecule has 1 aliphatic rings. The smallest absolute Gasteiger partial charge is 0.308 e. The number of carbonyl (C=O) groups is 1. The van der Waals surface area contributed by atoms with E-state index in [0.717, 1.165) is 25.7 Å². The first-order valence-corrected chi connectivity index (χ1v) is 7.08. The molecule has 0 radical (unpaired) electrons. The zero-order valence-corrected chi connectivity index (χ0v) is 12.3. The van der Waals surface area contributed by atoms with E-state index in [2.05, 4.69) is 15.9 Å². The Balaban J connectivity index is 1.90. The molecule has 1 aromatic carbocycles. The van der Waals surface area contributed by atoms with Crippen LogP contribution >= 0.6 is 15.9 Å². The van der Waals surface area contributed by atoms with E-state index in [1.165, 1.54) is 19.2 Å². The maximum atomic E-state index is 13.2. The summed E-state index contributed by atoms with van der Waals surface area (Å²) in [6.45, 7) is 0. The second-order valence-electron chi connectivity index (χ2n) is 4.72. The van der Waals surface area contributed by atoms with Crippen molar-refractivity contribution in [3.8, 4) is 5.75 Å². The average molecular weight is 331 g/mol. The molecule has 0 aliphatic heterocycles. The van der Waals surface area contributed by atoms with Crippen molar-refractivity contribution in [3.05, 3.63) is 28.5 Å². The van der Waals surface area contributed by atoms with Gasteiger partial charge in [-0.1, -0.05) is 15.9 Å². The van der Waals surface area contributed by atoms with Crippen LogP contribution in [0, 0.1) is 11.7 Å². The summed E-state index contributed by atoms with van der Waals surface area (Å²) in [5.41, 5.74) is 0. The molecular weight excluding hydrogens is 315 g/mol. The average Bonchev–Trinajstić information content (AvgIpc) is 2.37. The SMILES string of the molecule is COC(=O)[C@H]1CC[C@@H](Oc2cc(F)cc(Br)c2)CC1. The predicted molar refractivity (Wildman–Crippen MR) is 72.5 cm³/mol. The van der Waals surface area contributed by atoms with Gasteiger partial charge in [0.25, 0.3) is 0 Å². The maximum Gasteiger partial charge on any atom is 0.308 e. The van der Waals surface area contributed by atoms with Crippen molar-refractivity contribution in [1.82, 2.24) is 0 Å². The van der Waals surface area contributed by atoms with E-state index in [0.29, 0.717) is 10.2 Å². The molecule has 1 aromatic rings. The van der Waals surface area contributed by atoms with Crippen molar-refractivity contribution in [3.63, 3.8) is 0 Å². The normalized spacial score (nSPS) is 22.9. The second-order valence-corrected chi connectivity index (χ2v) is 5.64. The molecular formula is C14H16BrFO3. The van der Waals surface area contributed by atoms with Gasteiger partial charge in [-0.25, -0.2) is 4.39 Å². The molecule has 0 atom stereocenters. The van der Waals surface area contributed by atoms with Crippen LogP contribution in [0.2, 0.25) is 0 Å². The Bertz CT molecular complexity index is 436. The Kier molecular flexibility index (Phi) is 4.80. The molecule has 2 rings (SSSR count). The monoisotopic (exact) mass is 330 g/mol. The minimum atomic E-state index is -0.326. The van der Waals surface area contributed by atoms with Crippen molar-refractivity contribution in [2.75, 3.05) is 7.11 Å². The number of halogens is 2. The number of carbonyl (C=O) groups excluding carboxylic acids is 1. The van der Waals surface area contributed by atoms with E-state index in [9.17, 15) is 9.18 Å². The summed E-state index contributed by atoms with van der Waals surface area (Å²) in [5, 5.41) is 0. The number of ether oxygens (including phenoxy) is 2. The number of rotatable bonds is 3. The first-order valence-electron chi connectivity index (χ1n) is 6.29. The van der Waals surface area contributed by atoms with Crippen molar-refractivity contribution in [1.29, 1.82) is 0 Å². The van der Waals surface area contributed by atoms with E-state index in [1.807, 2.05) is 0 Å². The summed E-state index contributed by atoms with van der Waals surface area (Å²) < 4.78 is 24.4. The van der Waals surface area contributed by atoms with Gasteiger partial charge in [0.05, 0.1) is 19.1 Å². The van der Waals surface area contributed by atoms with Crippen molar-refractivity contribution in [2.24, 2.45) is 5.92 Å². The van der Waals surface area contributed by atoms with E-state index in [-0.39, 0.29) is 23.8 Å². The van der Waals surface area contributed by atoms with Crippen LogP contribution in [0.1, 0.15) is 25.7 Å². The number of methoxy groups -OCH3 is 1. The van der Waals surface area contributed by atoms with Crippen LogP contribution in [0.4, 0.5) is 4.39 Å². The summed E-state index contributed by atoms with van der Waals surface area (Å²) >= 11 is 3.23. The van der Waals surface area contributed by atoms with Crippen LogP contribution in [0.5, 0.6) is 5.75 Å². The molecule has 0 saturated heterocycles. The van der Waals surface area contributed by atoms with Gasteiger partial charge < -0.3 is 9.47 Å². The highest BCUT2D eigenvalue weighted by atomic mass is 79.9. The number of benzene rings is 1. The zero-order chi connectivity index (χ0) is 13.8. The maximum absolute atomic E-state index is 13.2. The Hall–Kier alpha value is -1.10. The van der Waals surface area contributed by atoms with Crippen LogP contribution in [-0.4, -0.2) is 19.2 Å². The van der Waals surface area contributed by atoms with Gasteiger partial charge in [-0.2, -0.15) is 0 Å². The third kappa shape index (κ3) is 3.93. The number of esters is 1. The van der Waals surface area contributed by atoms with Crippen LogP contribution < -0.4 is 4.74 Å². The Labute approximate surface area is 120 Å². The van der Waals surface area contributed by atoms with E-state index in [4.69, 9.17) is 9.47 Å². The molecule has 0 unspecified atom stereocenters. The molecule has 3 nitrogen and oxygen atoms in total. The largest absolute Gasteiger partial charge is 0.490 e. The summed E-state index contributed by atoms with van der Waals surface area (Å²) in [6, 6.07) is 4.51. The van der Waals surface area contributed by atoms with Crippen LogP contribution in [0.15, 0.2) is 22.7 Å². The quantitative estimate of drug-likeness (QED) is 0.793. The lowest BCUT2D eigenvalue weighted by Gasteiger charge is -2.27. The van der Waals surface area contributed by atoms with Gasteiger partial charge in [0, 0.05) is 10.5 Å². The van der Waals surface area contributed by atoms with Gasteiger partial charge >= 0.3 is 5.97 Å². The zero-order valence-electron chi connectivity index (χ0n) is 10.7. The van der Waals surface area contributed by atoms with Gasteiger partial charge in [-0.15, -0.1) is 0 Å². The molecule has 0 aromatic heterocycles. The fraction of sp³-hybridized carbons (Fsp3) is 0.500. The lowest BCUT2D eigenvalue weighted by Crippen LogP contribution is -2.28. The molecule has 0 spiro atoms. The molecule has 1 aliphatic carbocycles. The highest BCUT2D eigenvalue weighted by molar-refractivity contribution is 9.10. The molecule has 1 saturated carbocycles. The molecule has 5 heteroatoms. The second kappa shape index (κ2) is 6.37. The summed E-state index contributed by atoms with van der Waals surface area (Å²) in [7, 11) is 1.41. The molecule has 0 heterocycles. The van der Waals surface area contributed by atoms with Gasteiger partial charge in [-0.05, 0) is 37.8 Å². The van der Waals surface area contributed by atoms with Crippen molar-refractivity contribution < 1.29 is 18.7 Å². The van der Waals surface area contributed by atoms with Crippen LogP contribution in [0.3, 0.4) is 0 Å². The fourth-order valence-electron chi connectivity index (χ4n) is 2.37. The van der Waals surface area contributed by atoms with Crippen LogP contribution in [0.25, 0.3) is 0 Å². The molecule has 0 N–H and O–H groups in total. The van der Waals surface area contributed by atoms with Gasteiger partial charge in [0.1, 0.15) is 11.6 Å². The molecule has 0 bridgehead atoms. The number of hydrogen-bond acceptors (Lipinski definition) is 3. The van der Waals surface area contributed by atoms with E-state index < -0.39 is 0 Å². The Morgan fingerprint density at radius 2 is 1.95 bits per heavy atom. The third-order valence-corrected chi connectivity index (χ3v) is 3.81. The lowest BCUT2D eigenvalue weighted by atomic mass is 9.87. The Morgan fingerprint density at radius 3 is 2.53 bits per heavy atom. The molecule has 104 valence electrons. The van der Waals surface area contributed by atoms with Gasteiger partial charge in [0.15, 0.2) is 0 Å².